The smallest absolute Gasteiger partial charge is 0.303 e. The van der Waals surface area contributed by atoms with Crippen LogP contribution in [0.15, 0.2) is 29.2 Å². The topological polar surface area (TPSA) is 92.5 Å². The van der Waals surface area contributed by atoms with E-state index < -0.39 is 16.0 Å². The van der Waals surface area contributed by atoms with Gasteiger partial charge in [0, 0.05) is 13.0 Å². The molecule has 0 aliphatic carbocycles. The Balaban J connectivity index is 1.81. The zero-order valence-corrected chi connectivity index (χ0v) is 15.1. The third kappa shape index (κ3) is 3.59. The molecular formula is C17H21N3O4S. The zero-order valence-electron chi connectivity index (χ0n) is 14.3. The molecular weight excluding hydrogens is 342 g/mol. The molecule has 2 heterocycles. The van der Waals surface area contributed by atoms with Crippen LogP contribution in [0.25, 0.3) is 0 Å². The summed E-state index contributed by atoms with van der Waals surface area (Å²) >= 11 is 0. The maximum absolute atomic E-state index is 12.9. The standard InChI is InChI=1S/C17H21N3O4S/c1-12-3-5-16(9-13(12)2)25(23,24)19-7-8-20-15(11-19)10-14(18-20)4-6-17(21)22/h3,5,9-10H,4,6-8,11H2,1-2H3,(H,21,22). The molecule has 1 aromatic carbocycles. The van der Waals surface area contributed by atoms with E-state index in [1.54, 1.807) is 22.9 Å². The number of carbonyl (C=O) groups is 1. The summed E-state index contributed by atoms with van der Waals surface area (Å²) in [6.45, 7) is 4.91. The van der Waals surface area contributed by atoms with Crippen molar-refractivity contribution in [2.24, 2.45) is 0 Å². The fourth-order valence-corrected chi connectivity index (χ4v) is 4.38. The molecule has 8 heteroatoms. The molecule has 25 heavy (non-hydrogen) atoms. The normalized spacial score (nSPS) is 15.1. The first-order chi connectivity index (χ1) is 11.8. The quantitative estimate of drug-likeness (QED) is 0.873. The van der Waals surface area contributed by atoms with E-state index in [4.69, 9.17) is 5.11 Å². The summed E-state index contributed by atoms with van der Waals surface area (Å²) < 4.78 is 29.0. The molecule has 134 valence electrons. The van der Waals surface area contributed by atoms with Crippen LogP contribution in [0.4, 0.5) is 0 Å². The number of benzene rings is 1. The van der Waals surface area contributed by atoms with Gasteiger partial charge in [-0.15, -0.1) is 0 Å². The predicted molar refractivity (Wildman–Crippen MR) is 91.7 cm³/mol. The van der Waals surface area contributed by atoms with Crippen LogP contribution in [0.2, 0.25) is 0 Å². The molecule has 2 aromatic rings. The lowest BCUT2D eigenvalue weighted by molar-refractivity contribution is -0.136. The Hall–Kier alpha value is -2.19. The highest BCUT2D eigenvalue weighted by Crippen LogP contribution is 2.24. The van der Waals surface area contributed by atoms with Crippen LogP contribution in [-0.2, 0) is 34.3 Å². The van der Waals surface area contributed by atoms with Crippen molar-refractivity contribution < 1.29 is 18.3 Å². The number of nitrogens with zero attached hydrogens (tertiary/aromatic N) is 3. The Morgan fingerprint density at radius 2 is 1.96 bits per heavy atom. The average molecular weight is 363 g/mol. The molecule has 0 fully saturated rings. The Labute approximate surface area is 146 Å². The number of carboxylic acids is 1. The molecule has 0 saturated heterocycles. The summed E-state index contributed by atoms with van der Waals surface area (Å²) in [6.07, 6.45) is 0.361. The first-order valence-corrected chi connectivity index (χ1v) is 9.56. The fraction of sp³-hybridized carbons (Fsp3) is 0.412. The van der Waals surface area contributed by atoms with Crippen LogP contribution in [0.3, 0.4) is 0 Å². The third-order valence-corrected chi connectivity index (χ3v) is 6.37. The predicted octanol–water partition coefficient (Wildman–Crippen LogP) is 1.72. The van der Waals surface area contributed by atoms with Crippen LogP contribution in [0.1, 0.15) is 28.9 Å². The lowest BCUT2D eigenvalue weighted by Gasteiger charge is -2.27. The van der Waals surface area contributed by atoms with Crippen molar-refractivity contribution in [2.75, 3.05) is 6.54 Å². The van der Waals surface area contributed by atoms with E-state index >= 15 is 0 Å². The largest absolute Gasteiger partial charge is 0.481 e. The summed E-state index contributed by atoms with van der Waals surface area (Å²) in [4.78, 5) is 11.0. The second kappa shape index (κ2) is 6.61. The number of hydrogen-bond acceptors (Lipinski definition) is 4. The summed E-state index contributed by atoms with van der Waals surface area (Å²) in [5.41, 5.74) is 3.47. The van der Waals surface area contributed by atoms with Crippen LogP contribution < -0.4 is 0 Å². The van der Waals surface area contributed by atoms with Crippen molar-refractivity contribution in [1.82, 2.24) is 14.1 Å². The van der Waals surface area contributed by atoms with E-state index in [1.807, 2.05) is 19.9 Å². The Kier molecular flexibility index (Phi) is 4.66. The third-order valence-electron chi connectivity index (χ3n) is 4.52. The maximum atomic E-state index is 12.9. The number of aliphatic carboxylic acids is 1. The first-order valence-electron chi connectivity index (χ1n) is 8.12. The lowest BCUT2D eigenvalue weighted by atomic mass is 10.1. The van der Waals surface area contributed by atoms with Gasteiger partial charge in [0.15, 0.2) is 0 Å². The van der Waals surface area contributed by atoms with Gasteiger partial charge in [-0.3, -0.25) is 9.48 Å². The molecule has 1 aliphatic heterocycles. The van der Waals surface area contributed by atoms with Crippen molar-refractivity contribution >= 4 is 16.0 Å². The molecule has 0 radical (unpaired) electrons. The van der Waals surface area contributed by atoms with E-state index in [-0.39, 0.29) is 13.0 Å². The van der Waals surface area contributed by atoms with Crippen molar-refractivity contribution in [1.29, 1.82) is 0 Å². The van der Waals surface area contributed by atoms with Gasteiger partial charge >= 0.3 is 5.97 Å². The monoisotopic (exact) mass is 363 g/mol. The van der Waals surface area contributed by atoms with Crippen molar-refractivity contribution in [3.8, 4) is 0 Å². The van der Waals surface area contributed by atoms with Crippen molar-refractivity contribution in [3.63, 3.8) is 0 Å². The summed E-state index contributed by atoms with van der Waals surface area (Å²) in [5, 5.41) is 13.1. The highest BCUT2D eigenvalue weighted by molar-refractivity contribution is 7.89. The molecule has 0 bridgehead atoms. The van der Waals surface area contributed by atoms with Crippen molar-refractivity contribution in [2.45, 2.75) is 44.7 Å². The minimum Gasteiger partial charge on any atom is -0.481 e. The minimum atomic E-state index is -3.56. The molecule has 3 rings (SSSR count). The number of carboxylic acid groups (broad SMARTS) is 1. The molecule has 0 spiro atoms. The molecule has 1 aliphatic rings. The number of rotatable bonds is 5. The van der Waals surface area contributed by atoms with E-state index in [0.717, 1.165) is 16.8 Å². The molecule has 0 atom stereocenters. The molecule has 0 unspecified atom stereocenters. The van der Waals surface area contributed by atoms with Gasteiger partial charge in [0.25, 0.3) is 0 Å². The highest BCUT2D eigenvalue weighted by Gasteiger charge is 2.29. The number of fused-ring (bicyclic) bond motifs is 1. The molecule has 0 amide bonds. The van der Waals surface area contributed by atoms with Gasteiger partial charge in [-0.25, -0.2) is 8.42 Å². The van der Waals surface area contributed by atoms with Gasteiger partial charge in [-0.05, 0) is 43.2 Å². The van der Waals surface area contributed by atoms with E-state index in [9.17, 15) is 13.2 Å². The van der Waals surface area contributed by atoms with Gasteiger partial charge in [-0.2, -0.15) is 9.40 Å². The molecule has 1 N–H and O–H groups in total. The van der Waals surface area contributed by atoms with Gasteiger partial charge < -0.3 is 5.11 Å². The second-order valence-electron chi connectivity index (χ2n) is 6.33. The van der Waals surface area contributed by atoms with Gasteiger partial charge in [0.05, 0.1) is 35.8 Å². The van der Waals surface area contributed by atoms with Crippen LogP contribution in [0.5, 0.6) is 0 Å². The lowest BCUT2D eigenvalue weighted by Crippen LogP contribution is -2.38. The summed E-state index contributed by atoms with van der Waals surface area (Å²) in [5.74, 6) is -0.870. The van der Waals surface area contributed by atoms with Crippen LogP contribution in [-0.4, -0.2) is 40.1 Å². The van der Waals surface area contributed by atoms with Crippen LogP contribution >= 0.6 is 0 Å². The van der Waals surface area contributed by atoms with E-state index in [1.165, 1.54) is 4.31 Å². The summed E-state index contributed by atoms with van der Waals surface area (Å²) in [7, 11) is -3.56. The number of hydrogen-bond donors (Lipinski definition) is 1. The maximum Gasteiger partial charge on any atom is 0.303 e. The molecule has 0 saturated carbocycles. The van der Waals surface area contributed by atoms with Gasteiger partial charge in [0.1, 0.15) is 0 Å². The number of aryl methyl sites for hydroxylation is 3. The number of aromatic nitrogens is 2. The van der Waals surface area contributed by atoms with Crippen LogP contribution in [0, 0.1) is 13.8 Å². The van der Waals surface area contributed by atoms with Gasteiger partial charge in [-0.1, -0.05) is 6.07 Å². The molecule has 7 nitrogen and oxygen atoms in total. The van der Waals surface area contributed by atoms with E-state index in [0.29, 0.717) is 30.1 Å². The second-order valence-corrected chi connectivity index (χ2v) is 8.27. The Morgan fingerprint density at radius 1 is 1.20 bits per heavy atom. The van der Waals surface area contributed by atoms with Gasteiger partial charge in [0.2, 0.25) is 10.0 Å². The Morgan fingerprint density at radius 3 is 2.64 bits per heavy atom. The molecule has 1 aromatic heterocycles. The first kappa shape index (κ1) is 17.6. The minimum absolute atomic E-state index is 0.0150. The SMILES string of the molecule is Cc1ccc(S(=O)(=O)N2CCn3nc(CCC(=O)O)cc3C2)cc1C. The zero-order chi connectivity index (χ0) is 18.2. The van der Waals surface area contributed by atoms with E-state index in [2.05, 4.69) is 5.10 Å². The highest BCUT2D eigenvalue weighted by atomic mass is 32.2. The van der Waals surface area contributed by atoms with Crippen molar-refractivity contribution in [3.05, 3.63) is 46.8 Å². The Bertz CT molecular complexity index is 918. The summed E-state index contributed by atoms with van der Waals surface area (Å²) in [6, 6.07) is 6.96. The fourth-order valence-electron chi connectivity index (χ4n) is 2.89. The average Bonchev–Trinajstić information content (AvgIpc) is 2.97. The number of sulfonamides is 1.